The maximum atomic E-state index is 4.53. The summed E-state index contributed by atoms with van der Waals surface area (Å²) in [6.07, 6.45) is 8.42. The van der Waals surface area contributed by atoms with E-state index in [1.54, 1.807) is 12.7 Å². The molecule has 0 bridgehead atoms. The number of rotatable bonds is 4. The predicted octanol–water partition coefficient (Wildman–Crippen LogP) is 3.05. The van der Waals surface area contributed by atoms with E-state index in [2.05, 4.69) is 65.4 Å². The minimum atomic E-state index is 0.410. The molecule has 0 spiro atoms. The van der Waals surface area contributed by atoms with Crippen molar-refractivity contribution in [3.05, 3.63) is 66.0 Å². The Labute approximate surface area is 156 Å². The third-order valence-electron chi connectivity index (χ3n) is 5.32. The fourth-order valence-electron chi connectivity index (χ4n) is 4.03. The summed E-state index contributed by atoms with van der Waals surface area (Å²) in [5.74, 6) is 1.35. The third kappa shape index (κ3) is 3.05. The zero-order valence-electron chi connectivity index (χ0n) is 15.0. The molecule has 1 aromatic carbocycles. The van der Waals surface area contributed by atoms with Crippen LogP contribution in [0.5, 0.6) is 0 Å². The second-order valence-electron chi connectivity index (χ2n) is 7.05. The molecule has 1 aliphatic heterocycles. The number of hydrogen-bond acceptors (Lipinski definition) is 5. The second kappa shape index (κ2) is 6.83. The van der Waals surface area contributed by atoms with Crippen molar-refractivity contribution in [3.8, 4) is 0 Å². The van der Waals surface area contributed by atoms with Gasteiger partial charge in [0.05, 0.1) is 12.5 Å². The first kappa shape index (κ1) is 16.0. The van der Waals surface area contributed by atoms with Gasteiger partial charge >= 0.3 is 0 Å². The van der Waals surface area contributed by atoms with Gasteiger partial charge in [-0.15, -0.1) is 0 Å². The lowest BCUT2D eigenvalue weighted by molar-refractivity contribution is 0.496. The Kier molecular flexibility index (Phi) is 4.04. The van der Waals surface area contributed by atoms with Crippen molar-refractivity contribution in [3.63, 3.8) is 0 Å². The number of imidazole rings is 1. The first-order chi connectivity index (χ1) is 13.4. The van der Waals surface area contributed by atoms with E-state index in [1.165, 1.54) is 16.8 Å². The third-order valence-corrected chi connectivity index (χ3v) is 5.32. The van der Waals surface area contributed by atoms with Crippen LogP contribution in [0.3, 0.4) is 0 Å². The van der Waals surface area contributed by atoms with E-state index in [9.17, 15) is 0 Å². The van der Waals surface area contributed by atoms with Gasteiger partial charge in [0.15, 0.2) is 11.5 Å². The zero-order valence-corrected chi connectivity index (χ0v) is 15.0. The van der Waals surface area contributed by atoms with Crippen LogP contribution in [-0.4, -0.2) is 43.2 Å². The van der Waals surface area contributed by atoms with Crippen LogP contribution in [0.4, 0.5) is 5.82 Å². The SMILES string of the molecule is c1ccc(Cc2cn[nH]c2C2CCCN(c3ncnc4nc[nH]c34)C2)cc1. The smallest absolute Gasteiger partial charge is 0.182 e. The molecule has 3 aromatic heterocycles. The highest BCUT2D eigenvalue weighted by Gasteiger charge is 2.26. The second-order valence-corrected chi connectivity index (χ2v) is 7.05. The van der Waals surface area contributed by atoms with E-state index >= 15 is 0 Å². The molecule has 4 aromatic rings. The van der Waals surface area contributed by atoms with Gasteiger partial charge < -0.3 is 9.88 Å². The Balaban J connectivity index is 1.41. The van der Waals surface area contributed by atoms with Crippen molar-refractivity contribution in [2.24, 2.45) is 0 Å². The number of anilines is 1. The van der Waals surface area contributed by atoms with E-state index in [0.717, 1.165) is 43.7 Å². The molecule has 1 atom stereocenters. The number of aromatic amines is 2. The molecule has 136 valence electrons. The summed E-state index contributed by atoms with van der Waals surface area (Å²) < 4.78 is 0. The molecule has 7 heteroatoms. The van der Waals surface area contributed by atoms with Gasteiger partial charge in [0.25, 0.3) is 0 Å². The van der Waals surface area contributed by atoms with Crippen LogP contribution in [-0.2, 0) is 6.42 Å². The van der Waals surface area contributed by atoms with Gasteiger partial charge in [0.2, 0.25) is 0 Å². The van der Waals surface area contributed by atoms with Crippen molar-refractivity contribution < 1.29 is 0 Å². The fourth-order valence-corrected chi connectivity index (χ4v) is 4.03. The molecule has 0 saturated carbocycles. The minimum absolute atomic E-state index is 0.410. The Bertz CT molecular complexity index is 1040. The molecule has 4 heterocycles. The van der Waals surface area contributed by atoms with Crippen LogP contribution < -0.4 is 4.90 Å². The highest BCUT2D eigenvalue weighted by molar-refractivity contribution is 5.82. The van der Waals surface area contributed by atoms with Gasteiger partial charge in [-0.05, 0) is 24.0 Å². The van der Waals surface area contributed by atoms with Gasteiger partial charge in [-0.25, -0.2) is 15.0 Å². The molecule has 0 radical (unpaired) electrons. The Morgan fingerprint density at radius 1 is 1.11 bits per heavy atom. The van der Waals surface area contributed by atoms with Crippen LogP contribution in [0.15, 0.2) is 49.2 Å². The predicted molar refractivity (Wildman–Crippen MR) is 104 cm³/mol. The number of nitrogens with one attached hydrogen (secondary N) is 2. The van der Waals surface area contributed by atoms with Crippen LogP contribution in [0, 0.1) is 0 Å². The summed E-state index contributed by atoms with van der Waals surface area (Å²) in [5, 5.41) is 7.62. The summed E-state index contributed by atoms with van der Waals surface area (Å²) in [6.45, 7) is 1.90. The first-order valence-corrected chi connectivity index (χ1v) is 9.33. The van der Waals surface area contributed by atoms with Crippen molar-refractivity contribution in [1.29, 1.82) is 0 Å². The monoisotopic (exact) mass is 359 g/mol. The number of fused-ring (bicyclic) bond motifs is 1. The van der Waals surface area contributed by atoms with Crippen LogP contribution in [0.25, 0.3) is 11.2 Å². The largest absolute Gasteiger partial charge is 0.354 e. The molecule has 0 aliphatic carbocycles. The van der Waals surface area contributed by atoms with Crippen molar-refractivity contribution in [2.45, 2.75) is 25.2 Å². The maximum absolute atomic E-state index is 4.53. The maximum Gasteiger partial charge on any atom is 0.182 e. The molecular weight excluding hydrogens is 338 g/mol. The molecule has 1 unspecified atom stereocenters. The summed E-state index contributed by atoms with van der Waals surface area (Å²) in [5.41, 5.74) is 5.46. The molecule has 0 amide bonds. The van der Waals surface area contributed by atoms with Crippen LogP contribution >= 0.6 is 0 Å². The molecule has 27 heavy (non-hydrogen) atoms. The molecule has 1 saturated heterocycles. The quantitative estimate of drug-likeness (QED) is 0.585. The Hall–Kier alpha value is -3.22. The first-order valence-electron chi connectivity index (χ1n) is 9.33. The number of benzene rings is 1. The van der Waals surface area contributed by atoms with E-state index in [0.29, 0.717) is 11.6 Å². The standard InChI is InChI=1S/C20H21N7/c1-2-5-14(6-3-1)9-16-10-25-26-17(16)15-7-4-8-27(11-15)20-18-19(22-12-21-18)23-13-24-20/h1-3,5-6,10,12-13,15H,4,7-9,11H2,(H,25,26)(H,21,22,23,24). The lowest BCUT2D eigenvalue weighted by Gasteiger charge is -2.33. The topological polar surface area (TPSA) is 86.4 Å². The summed E-state index contributed by atoms with van der Waals surface area (Å²) in [4.78, 5) is 18.5. The van der Waals surface area contributed by atoms with E-state index in [1.807, 2.05) is 6.20 Å². The summed E-state index contributed by atoms with van der Waals surface area (Å²) >= 11 is 0. The number of piperidine rings is 1. The average molecular weight is 359 g/mol. The minimum Gasteiger partial charge on any atom is -0.354 e. The van der Waals surface area contributed by atoms with E-state index in [4.69, 9.17) is 0 Å². The summed E-state index contributed by atoms with van der Waals surface area (Å²) in [7, 11) is 0. The zero-order chi connectivity index (χ0) is 18.1. The van der Waals surface area contributed by atoms with Gasteiger partial charge in [-0.1, -0.05) is 30.3 Å². The van der Waals surface area contributed by atoms with Crippen molar-refractivity contribution in [1.82, 2.24) is 30.1 Å². The van der Waals surface area contributed by atoms with Gasteiger partial charge in [0, 0.05) is 31.1 Å². The molecule has 1 fully saturated rings. The fraction of sp³-hybridized carbons (Fsp3) is 0.300. The number of aromatic nitrogens is 6. The van der Waals surface area contributed by atoms with Crippen LogP contribution in [0.1, 0.15) is 35.6 Å². The van der Waals surface area contributed by atoms with Gasteiger partial charge in [-0.3, -0.25) is 5.10 Å². The van der Waals surface area contributed by atoms with E-state index in [-0.39, 0.29) is 0 Å². The number of hydrogen-bond donors (Lipinski definition) is 2. The highest BCUT2D eigenvalue weighted by Crippen LogP contribution is 2.32. The highest BCUT2D eigenvalue weighted by atomic mass is 15.2. The van der Waals surface area contributed by atoms with Crippen molar-refractivity contribution >= 4 is 17.0 Å². The summed E-state index contributed by atoms with van der Waals surface area (Å²) in [6, 6.07) is 10.6. The normalized spacial score (nSPS) is 17.5. The van der Waals surface area contributed by atoms with Gasteiger partial charge in [-0.2, -0.15) is 5.10 Å². The molecule has 5 rings (SSSR count). The Morgan fingerprint density at radius 3 is 2.96 bits per heavy atom. The lowest BCUT2D eigenvalue weighted by atomic mass is 9.91. The molecule has 7 nitrogen and oxygen atoms in total. The number of nitrogens with zero attached hydrogens (tertiary/aromatic N) is 5. The lowest BCUT2D eigenvalue weighted by Crippen LogP contribution is -2.35. The number of H-pyrrole nitrogens is 2. The van der Waals surface area contributed by atoms with Gasteiger partial charge in [0.1, 0.15) is 11.8 Å². The van der Waals surface area contributed by atoms with Crippen LogP contribution in [0.2, 0.25) is 0 Å². The molecular formula is C20H21N7. The van der Waals surface area contributed by atoms with Crippen molar-refractivity contribution in [2.75, 3.05) is 18.0 Å². The molecule has 2 N–H and O–H groups in total. The molecule has 1 aliphatic rings. The Morgan fingerprint density at radius 2 is 2.04 bits per heavy atom. The average Bonchev–Trinajstić information content (AvgIpc) is 3.38. The van der Waals surface area contributed by atoms with E-state index < -0.39 is 0 Å².